The van der Waals surface area contributed by atoms with Crippen molar-refractivity contribution in [1.82, 2.24) is 20.1 Å². The zero-order valence-electron chi connectivity index (χ0n) is 14.3. The Morgan fingerprint density at radius 1 is 1.40 bits per heavy atom. The van der Waals surface area contributed by atoms with Crippen molar-refractivity contribution in [3.8, 4) is 5.69 Å². The van der Waals surface area contributed by atoms with E-state index in [2.05, 4.69) is 15.5 Å². The SMILES string of the molecule is CC(Sc1nncn1-c1cccc(Cl)c1)C(=O)NCC1CCCCC1. The summed E-state index contributed by atoms with van der Waals surface area (Å²) in [6.45, 7) is 2.68. The van der Waals surface area contributed by atoms with Crippen LogP contribution in [-0.2, 0) is 4.79 Å². The number of rotatable bonds is 6. The van der Waals surface area contributed by atoms with Crippen molar-refractivity contribution in [2.75, 3.05) is 6.54 Å². The highest BCUT2D eigenvalue weighted by atomic mass is 35.5. The molecule has 1 saturated carbocycles. The number of benzene rings is 1. The minimum absolute atomic E-state index is 0.0521. The molecule has 0 saturated heterocycles. The summed E-state index contributed by atoms with van der Waals surface area (Å²) >= 11 is 7.47. The van der Waals surface area contributed by atoms with E-state index < -0.39 is 0 Å². The van der Waals surface area contributed by atoms with Crippen molar-refractivity contribution in [3.05, 3.63) is 35.6 Å². The molecular formula is C18H23ClN4OS. The zero-order chi connectivity index (χ0) is 17.6. The molecule has 1 heterocycles. The van der Waals surface area contributed by atoms with E-state index in [4.69, 9.17) is 11.6 Å². The van der Waals surface area contributed by atoms with Crippen LogP contribution < -0.4 is 5.32 Å². The van der Waals surface area contributed by atoms with E-state index in [1.54, 1.807) is 6.33 Å². The molecule has 0 spiro atoms. The van der Waals surface area contributed by atoms with Crippen LogP contribution in [0.3, 0.4) is 0 Å². The monoisotopic (exact) mass is 378 g/mol. The number of hydrogen-bond acceptors (Lipinski definition) is 4. The summed E-state index contributed by atoms with van der Waals surface area (Å²) in [6, 6.07) is 7.49. The van der Waals surface area contributed by atoms with Crippen molar-refractivity contribution in [2.45, 2.75) is 49.4 Å². The minimum atomic E-state index is -0.231. The Kier molecular flexibility index (Phi) is 6.37. The summed E-state index contributed by atoms with van der Waals surface area (Å²) in [5, 5.41) is 12.3. The summed E-state index contributed by atoms with van der Waals surface area (Å²) in [7, 11) is 0. The lowest BCUT2D eigenvalue weighted by atomic mass is 9.89. The van der Waals surface area contributed by atoms with Crippen LogP contribution in [0, 0.1) is 5.92 Å². The summed E-state index contributed by atoms with van der Waals surface area (Å²) in [5.74, 6) is 0.682. The lowest BCUT2D eigenvalue weighted by molar-refractivity contribution is -0.120. The predicted octanol–water partition coefficient (Wildman–Crippen LogP) is 4.10. The van der Waals surface area contributed by atoms with Gasteiger partial charge in [0.25, 0.3) is 0 Å². The molecule has 1 fully saturated rings. The summed E-state index contributed by atoms with van der Waals surface area (Å²) in [4.78, 5) is 12.4. The summed E-state index contributed by atoms with van der Waals surface area (Å²) in [5.41, 5.74) is 0.884. The minimum Gasteiger partial charge on any atom is -0.355 e. The van der Waals surface area contributed by atoms with Gasteiger partial charge in [-0.2, -0.15) is 0 Å². The third-order valence-electron chi connectivity index (χ3n) is 4.54. The number of halogens is 1. The van der Waals surface area contributed by atoms with Crippen molar-refractivity contribution >= 4 is 29.3 Å². The van der Waals surface area contributed by atoms with Crippen LogP contribution in [-0.4, -0.2) is 32.5 Å². The molecule has 134 valence electrons. The summed E-state index contributed by atoms with van der Waals surface area (Å²) < 4.78 is 1.85. The van der Waals surface area contributed by atoms with Gasteiger partial charge < -0.3 is 5.32 Å². The molecule has 2 aromatic rings. The molecule has 1 N–H and O–H groups in total. The third-order valence-corrected chi connectivity index (χ3v) is 5.84. The molecular weight excluding hydrogens is 356 g/mol. The van der Waals surface area contributed by atoms with Crippen molar-refractivity contribution in [3.63, 3.8) is 0 Å². The maximum atomic E-state index is 12.4. The maximum Gasteiger partial charge on any atom is 0.233 e. The molecule has 1 amide bonds. The Bertz CT molecular complexity index is 715. The van der Waals surface area contributed by atoms with Crippen molar-refractivity contribution < 1.29 is 4.79 Å². The first-order chi connectivity index (χ1) is 12.1. The lowest BCUT2D eigenvalue weighted by Gasteiger charge is -2.22. The first-order valence-corrected chi connectivity index (χ1v) is 9.99. The maximum absolute atomic E-state index is 12.4. The Hall–Kier alpha value is -1.53. The smallest absolute Gasteiger partial charge is 0.233 e. The van der Waals surface area contributed by atoms with Crippen LogP contribution in [0.1, 0.15) is 39.0 Å². The Morgan fingerprint density at radius 3 is 2.96 bits per heavy atom. The molecule has 7 heteroatoms. The van der Waals surface area contributed by atoms with Gasteiger partial charge in [-0.1, -0.05) is 48.7 Å². The van der Waals surface area contributed by atoms with Crippen LogP contribution in [0.25, 0.3) is 5.69 Å². The Morgan fingerprint density at radius 2 is 2.20 bits per heavy atom. The van der Waals surface area contributed by atoms with E-state index >= 15 is 0 Å². The van der Waals surface area contributed by atoms with E-state index in [9.17, 15) is 4.79 Å². The molecule has 1 aliphatic rings. The van der Waals surface area contributed by atoms with Gasteiger partial charge in [0, 0.05) is 11.6 Å². The Labute approximate surface area is 157 Å². The molecule has 1 atom stereocenters. The molecule has 0 bridgehead atoms. The normalized spacial score (nSPS) is 16.6. The molecule has 1 unspecified atom stereocenters. The molecule has 25 heavy (non-hydrogen) atoms. The highest BCUT2D eigenvalue weighted by molar-refractivity contribution is 8.00. The average Bonchev–Trinajstić information content (AvgIpc) is 3.08. The van der Waals surface area contributed by atoms with E-state index in [1.165, 1.54) is 43.9 Å². The first kappa shape index (κ1) is 18.3. The van der Waals surface area contributed by atoms with Gasteiger partial charge >= 0.3 is 0 Å². The fourth-order valence-corrected chi connectivity index (χ4v) is 4.15. The topological polar surface area (TPSA) is 59.8 Å². The van der Waals surface area contributed by atoms with Crippen LogP contribution in [0.15, 0.2) is 35.7 Å². The quantitative estimate of drug-likeness (QED) is 0.769. The van der Waals surface area contributed by atoms with Crippen LogP contribution in [0.2, 0.25) is 5.02 Å². The van der Waals surface area contributed by atoms with E-state index in [-0.39, 0.29) is 11.2 Å². The number of carbonyl (C=O) groups excluding carboxylic acids is 1. The Balaban J connectivity index is 1.58. The predicted molar refractivity (Wildman–Crippen MR) is 101 cm³/mol. The van der Waals surface area contributed by atoms with Crippen LogP contribution in [0.5, 0.6) is 0 Å². The van der Waals surface area contributed by atoms with E-state index in [0.717, 1.165) is 12.2 Å². The number of hydrogen-bond donors (Lipinski definition) is 1. The van der Waals surface area contributed by atoms with Gasteiger partial charge in [-0.15, -0.1) is 10.2 Å². The van der Waals surface area contributed by atoms with Gasteiger partial charge in [-0.25, -0.2) is 0 Å². The second kappa shape index (κ2) is 8.72. The molecule has 3 rings (SSSR count). The largest absolute Gasteiger partial charge is 0.355 e. The number of amides is 1. The third kappa shape index (κ3) is 4.98. The van der Waals surface area contributed by atoms with Crippen LogP contribution in [0.4, 0.5) is 0 Å². The average molecular weight is 379 g/mol. The van der Waals surface area contributed by atoms with Gasteiger partial charge in [-0.3, -0.25) is 9.36 Å². The lowest BCUT2D eigenvalue weighted by Crippen LogP contribution is -2.35. The van der Waals surface area contributed by atoms with Gasteiger partial charge in [0.05, 0.1) is 10.9 Å². The number of carbonyl (C=O) groups is 1. The fraction of sp³-hybridized carbons (Fsp3) is 0.500. The number of nitrogens with zero attached hydrogens (tertiary/aromatic N) is 3. The van der Waals surface area contributed by atoms with E-state index in [0.29, 0.717) is 16.1 Å². The highest BCUT2D eigenvalue weighted by Crippen LogP contribution is 2.26. The molecule has 0 radical (unpaired) electrons. The summed E-state index contributed by atoms with van der Waals surface area (Å²) in [6.07, 6.45) is 7.99. The van der Waals surface area contributed by atoms with Crippen LogP contribution >= 0.6 is 23.4 Å². The number of aromatic nitrogens is 3. The highest BCUT2D eigenvalue weighted by Gasteiger charge is 2.20. The number of thioether (sulfide) groups is 1. The molecule has 5 nitrogen and oxygen atoms in total. The van der Waals surface area contributed by atoms with Gasteiger partial charge in [-0.05, 0) is 43.9 Å². The second-order valence-corrected chi connectivity index (χ2v) is 8.22. The molecule has 1 aromatic carbocycles. The van der Waals surface area contributed by atoms with E-state index in [1.807, 2.05) is 35.8 Å². The van der Waals surface area contributed by atoms with Crippen molar-refractivity contribution in [1.29, 1.82) is 0 Å². The zero-order valence-corrected chi connectivity index (χ0v) is 15.9. The fourth-order valence-electron chi connectivity index (χ4n) is 3.10. The first-order valence-electron chi connectivity index (χ1n) is 8.74. The van der Waals surface area contributed by atoms with Gasteiger partial charge in [0.1, 0.15) is 6.33 Å². The standard InChI is InChI=1S/C18H23ClN4OS/c1-13(17(24)20-11-14-6-3-2-4-7-14)25-18-22-21-12-23(18)16-9-5-8-15(19)10-16/h5,8-10,12-14H,2-4,6-7,11H2,1H3,(H,20,24). The van der Waals surface area contributed by atoms with Gasteiger partial charge in [0.2, 0.25) is 5.91 Å². The molecule has 1 aliphatic carbocycles. The van der Waals surface area contributed by atoms with Gasteiger partial charge in [0.15, 0.2) is 5.16 Å². The molecule has 1 aromatic heterocycles. The second-order valence-electron chi connectivity index (χ2n) is 6.47. The molecule has 0 aliphatic heterocycles. The number of nitrogens with one attached hydrogen (secondary N) is 1. The van der Waals surface area contributed by atoms with Crippen molar-refractivity contribution in [2.24, 2.45) is 5.92 Å².